The monoisotopic (exact) mass is 468 g/mol. The molecule has 0 N–H and O–H groups in total. The largest absolute Gasteiger partial charge is 0.496 e. The van der Waals surface area contributed by atoms with Crippen LogP contribution in [0.4, 0.5) is 0 Å². The van der Waals surface area contributed by atoms with Gasteiger partial charge in [-0.3, -0.25) is 9.59 Å². The Morgan fingerprint density at radius 2 is 1.22 bits per heavy atom. The van der Waals surface area contributed by atoms with Crippen LogP contribution in [0.5, 0.6) is 5.75 Å². The Bertz CT molecular complexity index is 1250. The molecule has 3 aromatic rings. The maximum atomic E-state index is 14.6. The van der Waals surface area contributed by atoms with Gasteiger partial charge in [-0.2, -0.15) is 0 Å². The van der Waals surface area contributed by atoms with E-state index >= 15 is 0 Å². The molecule has 3 rings (SSSR count). The second kappa shape index (κ2) is 9.05. The van der Waals surface area contributed by atoms with Crippen molar-refractivity contribution in [3.8, 4) is 5.75 Å². The summed E-state index contributed by atoms with van der Waals surface area (Å²) in [5, 5.41) is 0.259. The van der Waals surface area contributed by atoms with E-state index in [9.17, 15) is 14.2 Å². The molecule has 0 fully saturated rings. The van der Waals surface area contributed by atoms with Crippen LogP contribution in [-0.4, -0.2) is 18.2 Å². The van der Waals surface area contributed by atoms with Crippen LogP contribution in [-0.2, 0) is 4.57 Å². The van der Waals surface area contributed by atoms with Gasteiger partial charge in [0.1, 0.15) is 5.75 Å². The molecule has 166 valence electrons. The average molecular weight is 469 g/mol. The van der Waals surface area contributed by atoms with Crippen molar-refractivity contribution in [1.82, 2.24) is 0 Å². The minimum Gasteiger partial charge on any atom is -0.496 e. The first-order valence-corrected chi connectivity index (χ1v) is 12.3. The second-order valence-electron chi connectivity index (χ2n) is 7.87. The van der Waals surface area contributed by atoms with Gasteiger partial charge in [0.05, 0.1) is 17.7 Å². The van der Waals surface area contributed by atoms with E-state index in [2.05, 4.69) is 0 Å². The minimum absolute atomic E-state index is 0.0481. The van der Waals surface area contributed by atoms with Crippen molar-refractivity contribution < 1.29 is 18.9 Å². The summed E-state index contributed by atoms with van der Waals surface area (Å²) in [6.45, 7) is 9.52. The van der Waals surface area contributed by atoms with Crippen LogP contribution in [0.3, 0.4) is 0 Å². The predicted molar refractivity (Wildman–Crippen MR) is 130 cm³/mol. The van der Waals surface area contributed by atoms with Crippen molar-refractivity contribution in [2.24, 2.45) is 0 Å². The summed E-state index contributed by atoms with van der Waals surface area (Å²) in [5.74, 6) is 0.177. The van der Waals surface area contributed by atoms with Crippen molar-refractivity contribution in [1.29, 1.82) is 0 Å². The Labute approximate surface area is 193 Å². The van der Waals surface area contributed by atoms with Crippen LogP contribution >= 0.6 is 18.7 Å². The normalized spacial score (nSPS) is 12.8. The van der Waals surface area contributed by atoms with Gasteiger partial charge in [-0.05, 0) is 74.6 Å². The van der Waals surface area contributed by atoms with E-state index in [1.165, 1.54) is 13.2 Å². The molecule has 0 saturated heterocycles. The van der Waals surface area contributed by atoms with Crippen LogP contribution in [0.15, 0.2) is 48.5 Å². The summed E-state index contributed by atoms with van der Waals surface area (Å²) in [7, 11) is -2.91. The molecule has 0 aliphatic heterocycles. The molecule has 6 heteroatoms. The summed E-state index contributed by atoms with van der Waals surface area (Å²) in [6.07, 6.45) is 0. The van der Waals surface area contributed by atoms with Crippen LogP contribution in [0.25, 0.3) is 0 Å². The Hall–Kier alpha value is -2.68. The first kappa shape index (κ1) is 24.0. The molecule has 0 bridgehead atoms. The van der Waals surface area contributed by atoms with Crippen molar-refractivity contribution in [3.05, 3.63) is 92.5 Å². The van der Waals surface area contributed by atoms with Gasteiger partial charge in [0.15, 0.2) is 0 Å². The molecule has 0 aliphatic carbocycles. The molecule has 0 saturated carbocycles. The number of halogens is 1. The van der Waals surface area contributed by atoms with Gasteiger partial charge < -0.3 is 9.30 Å². The van der Waals surface area contributed by atoms with Crippen molar-refractivity contribution in [2.75, 3.05) is 7.11 Å². The van der Waals surface area contributed by atoms with E-state index in [4.69, 9.17) is 16.3 Å². The van der Waals surface area contributed by atoms with Crippen molar-refractivity contribution in [3.63, 3.8) is 0 Å². The number of hydrogen-bond acceptors (Lipinski definition) is 4. The summed E-state index contributed by atoms with van der Waals surface area (Å²) < 4.78 is 20.0. The lowest BCUT2D eigenvalue weighted by Gasteiger charge is -2.23. The number of rotatable bonds is 6. The Balaban J connectivity index is 2.37. The van der Waals surface area contributed by atoms with Crippen LogP contribution in [0, 0.1) is 34.6 Å². The number of ether oxygens (including phenoxy) is 1. The number of hydrogen-bond donors (Lipinski definition) is 0. The van der Waals surface area contributed by atoms with Gasteiger partial charge in [-0.1, -0.05) is 48.0 Å². The van der Waals surface area contributed by atoms with Crippen molar-refractivity contribution >= 4 is 35.1 Å². The highest BCUT2D eigenvalue weighted by molar-refractivity contribution is 8.01. The highest BCUT2D eigenvalue weighted by Gasteiger charge is 2.45. The summed E-state index contributed by atoms with van der Waals surface area (Å²) in [5.41, 5.74) is 3.19. The maximum Gasteiger partial charge on any atom is 0.248 e. The predicted octanol–water partition coefficient (Wildman–Crippen LogP) is 6.56. The van der Waals surface area contributed by atoms with Crippen LogP contribution in [0.2, 0.25) is 5.02 Å². The summed E-state index contributed by atoms with van der Waals surface area (Å²) in [6, 6.07) is 12.9. The quantitative estimate of drug-likeness (QED) is 0.384. The average Bonchev–Trinajstić information content (AvgIpc) is 2.80. The first-order valence-electron chi connectivity index (χ1n) is 10.2. The highest BCUT2D eigenvalue weighted by Crippen LogP contribution is 2.54. The minimum atomic E-state index is -4.32. The SMILES string of the molecule is COc1cccc(Cl)c1C(=O)P(=O)(C(=O)c1c(C)c(C)c(C)c(C)c1C)c1ccccc1. The molecule has 1 atom stereocenters. The smallest absolute Gasteiger partial charge is 0.248 e. The number of carbonyl (C=O) groups is 2. The van der Waals surface area contributed by atoms with Gasteiger partial charge in [0.2, 0.25) is 18.2 Å². The summed E-state index contributed by atoms with van der Waals surface area (Å²) in [4.78, 5) is 28.0. The fourth-order valence-electron chi connectivity index (χ4n) is 3.98. The Morgan fingerprint density at radius 3 is 1.75 bits per heavy atom. The molecule has 32 heavy (non-hydrogen) atoms. The van der Waals surface area contributed by atoms with E-state index < -0.39 is 18.2 Å². The van der Waals surface area contributed by atoms with E-state index in [1.807, 2.05) is 34.6 Å². The fraction of sp³-hybridized carbons (Fsp3) is 0.231. The van der Waals surface area contributed by atoms with E-state index in [1.54, 1.807) is 42.5 Å². The Kier molecular flexibility index (Phi) is 6.78. The van der Waals surface area contributed by atoms with Gasteiger partial charge in [0, 0.05) is 10.9 Å². The Morgan fingerprint density at radius 1 is 0.719 bits per heavy atom. The zero-order valence-corrected chi connectivity index (χ0v) is 20.7. The fourth-order valence-corrected chi connectivity index (χ4v) is 6.74. The molecule has 0 aliphatic rings. The molecular formula is C26H26ClO4P. The number of carbonyl (C=O) groups excluding carboxylic acids is 2. The van der Waals surface area contributed by atoms with E-state index in [0.717, 1.165) is 27.8 Å². The molecule has 4 nitrogen and oxygen atoms in total. The number of benzene rings is 3. The lowest BCUT2D eigenvalue weighted by Crippen LogP contribution is -2.23. The third kappa shape index (κ3) is 3.72. The molecule has 3 aromatic carbocycles. The standard InChI is InChI=1S/C26H26ClO4P/c1-15-16(2)18(4)23(19(5)17(15)3)25(28)32(30,20-11-8-7-9-12-20)26(29)24-21(27)13-10-14-22(24)31-6/h7-14H,1-6H3. The molecule has 0 aromatic heterocycles. The van der Waals surface area contributed by atoms with Gasteiger partial charge >= 0.3 is 0 Å². The molecule has 0 amide bonds. The third-order valence-corrected chi connectivity index (χ3v) is 9.25. The topological polar surface area (TPSA) is 60.4 Å². The maximum absolute atomic E-state index is 14.6. The molecule has 1 unspecified atom stereocenters. The highest BCUT2D eigenvalue weighted by atomic mass is 35.5. The zero-order valence-electron chi connectivity index (χ0n) is 19.1. The zero-order chi connectivity index (χ0) is 23.8. The first-order chi connectivity index (χ1) is 15.1. The van der Waals surface area contributed by atoms with E-state index in [-0.39, 0.29) is 21.6 Å². The lowest BCUT2D eigenvalue weighted by atomic mass is 9.90. The van der Waals surface area contributed by atoms with Crippen LogP contribution < -0.4 is 10.0 Å². The lowest BCUT2D eigenvalue weighted by molar-refractivity contribution is 0.103. The van der Waals surface area contributed by atoms with Gasteiger partial charge in [0.25, 0.3) is 0 Å². The van der Waals surface area contributed by atoms with Crippen LogP contribution in [0.1, 0.15) is 48.5 Å². The molecule has 0 heterocycles. The molecular weight excluding hydrogens is 443 g/mol. The second-order valence-corrected chi connectivity index (χ2v) is 10.8. The van der Waals surface area contributed by atoms with Gasteiger partial charge in [-0.25, -0.2) is 0 Å². The van der Waals surface area contributed by atoms with Crippen molar-refractivity contribution in [2.45, 2.75) is 34.6 Å². The molecule has 0 radical (unpaired) electrons. The number of methoxy groups -OCH3 is 1. The molecule has 0 spiro atoms. The van der Waals surface area contributed by atoms with Gasteiger partial charge in [-0.15, -0.1) is 0 Å². The van der Waals surface area contributed by atoms with E-state index in [0.29, 0.717) is 5.56 Å². The summed E-state index contributed by atoms with van der Waals surface area (Å²) >= 11 is 6.35. The third-order valence-electron chi connectivity index (χ3n) is 6.31.